The molecule has 0 spiro atoms. The van der Waals surface area contributed by atoms with Crippen molar-refractivity contribution in [3.63, 3.8) is 0 Å². The predicted octanol–water partition coefficient (Wildman–Crippen LogP) is 1.85. The van der Waals surface area contributed by atoms with E-state index in [1.165, 1.54) is 0 Å². The van der Waals surface area contributed by atoms with Gasteiger partial charge >= 0.3 is 0 Å². The van der Waals surface area contributed by atoms with E-state index >= 15 is 0 Å². The van der Waals surface area contributed by atoms with Gasteiger partial charge < -0.3 is 4.74 Å². The van der Waals surface area contributed by atoms with Crippen LogP contribution in [0.1, 0.15) is 40.5 Å². The van der Waals surface area contributed by atoms with Gasteiger partial charge in [0.15, 0.2) is 0 Å². The summed E-state index contributed by atoms with van der Waals surface area (Å²) in [6.45, 7) is 8.67. The molecule has 0 atom stereocenters. The lowest BCUT2D eigenvalue weighted by Gasteiger charge is -2.42. The van der Waals surface area contributed by atoms with Gasteiger partial charge in [0.05, 0.1) is 18.8 Å². The fraction of sp³-hybridized carbons (Fsp3) is 0.727. The highest BCUT2D eigenvalue weighted by Gasteiger charge is 2.43. The van der Waals surface area contributed by atoms with E-state index in [-0.39, 0.29) is 34.5 Å². The van der Waals surface area contributed by atoms with Crippen LogP contribution in [0.25, 0.3) is 0 Å². The highest BCUT2D eigenvalue weighted by Crippen LogP contribution is 2.39. The lowest BCUT2D eigenvalue weighted by atomic mass is 9.96. The normalized spacial score (nSPS) is 18.5. The lowest BCUT2D eigenvalue weighted by molar-refractivity contribution is -0.117. The van der Waals surface area contributed by atoms with Gasteiger partial charge in [0.25, 0.3) is 0 Å². The van der Waals surface area contributed by atoms with Crippen molar-refractivity contribution in [3.05, 3.63) is 0 Å². The van der Waals surface area contributed by atoms with Gasteiger partial charge in [0, 0.05) is 11.8 Å². The van der Waals surface area contributed by atoms with Gasteiger partial charge in [-0.05, 0) is 52.9 Å². The molecule has 1 saturated heterocycles. The molecule has 0 N–H and O–H groups in total. The number of rotatable bonds is 4. The van der Waals surface area contributed by atoms with Gasteiger partial charge in [-0.3, -0.25) is 19.4 Å². The molecule has 2 rings (SSSR count). The van der Waals surface area contributed by atoms with Crippen molar-refractivity contribution in [1.82, 2.24) is 9.80 Å². The first kappa shape index (κ1) is 23.4. The molecule has 5 nitrogen and oxygen atoms in total. The molecule has 27 heavy (non-hydrogen) atoms. The standard InChI is InChI=1S/C11H17NO2.C11H17NO/c1-9(2)10(13)5-6-11(12(3)4)7-14-8-11;1-9(2)10(13)5-6-11(7-8-11)12(3)4/h9H,7-8H2,1-4H3;9H,7-8H2,1-4H3. The number of Topliss-reactive ketones (excluding diaryl/α,β-unsaturated/α-hetero) is 2. The van der Waals surface area contributed by atoms with E-state index in [1.54, 1.807) is 0 Å². The minimum absolute atomic E-state index is 0.00174. The lowest BCUT2D eigenvalue weighted by Crippen LogP contribution is -2.58. The molecular weight excluding hydrogens is 340 g/mol. The molecular formula is C22H34N2O3. The maximum atomic E-state index is 11.3. The molecule has 0 radical (unpaired) electrons. The Hall–Kier alpha value is -1.66. The van der Waals surface area contributed by atoms with E-state index in [2.05, 4.69) is 28.6 Å². The van der Waals surface area contributed by atoms with E-state index in [4.69, 9.17) is 4.74 Å². The SMILES string of the molecule is CC(C)C(=O)C#CC1(N(C)C)CC1.CC(C)C(=O)C#CC1(N(C)C)COC1. The summed E-state index contributed by atoms with van der Waals surface area (Å²) in [5.74, 6) is 11.6. The smallest absolute Gasteiger partial charge is 0.208 e. The van der Waals surface area contributed by atoms with Crippen LogP contribution in [0.5, 0.6) is 0 Å². The van der Waals surface area contributed by atoms with Crippen LogP contribution in [-0.4, -0.2) is 73.8 Å². The van der Waals surface area contributed by atoms with Gasteiger partial charge in [0.2, 0.25) is 11.6 Å². The molecule has 5 heteroatoms. The topological polar surface area (TPSA) is 49.9 Å². The molecule has 0 aromatic carbocycles. The molecule has 150 valence electrons. The second kappa shape index (κ2) is 9.51. The zero-order valence-electron chi connectivity index (χ0n) is 18.1. The third kappa shape index (κ3) is 6.47. The monoisotopic (exact) mass is 374 g/mol. The second-order valence-corrected chi connectivity index (χ2v) is 8.38. The quantitative estimate of drug-likeness (QED) is 0.555. The predicted molar refractivity (Wildman–Crippen MR) is 108 cm³/mol. The van der Waals surface area contributed by atoms with Crippen molar-refractivity contribution in [2.45, 2.75) is 51.6 Å². The molecule has 1 heterocycles. The molecule has 2 fully saturated rings. The van der Waals surface area contributed by atoms with Gasteiger partial charge in [-0.2, -0.15) is 0 Å². The van der Waals surface area contributed by atoms with Crippen molar-refractivity contribution in [2.75, 3.05) is 41.4 Å². The number of nitrogens with zero attached hydrogens (tertiary/aromatic N) is 2. The van der Waals surface area contributed by atoms with Gasteiger partial charge in [-0.1, -0.05) is 39.5 Å². The van der Waals surface area contributed by atoms with Crippen molar-refractivity contribution < 1.29 is 14.3 Å². The molecule has 0 bridgehead atoms. The average molecular weight is 375 g/mol. The Kier molecular flexibility index (Phi) is 8.23. The summed E-state index contributed by atoms with van der Waals surface area (Å²) in [5, 5.41) is 0. The maximum Gasteiger partial charge on any atom is 0.208 e. The fourth-order valence-electron chi connectivity index (χ4n) is 2.18. The largest absolute Gasteiger partial charge is 0.375 e. The highest BCUT2D eigenvalue weighted by atomic mass is 16.5. The van der Waals surface area contributed by atoms with E-state index < -0.39 is 0 Å². The van der Waals surface area contributed by atoms with Crippen molar-refractivity contribution in [2.24, 2.45) is 11.8 Å². The van der Waals surface area contributed by atoms with Crippen LogP contribution in [-0.2, 0) is 14.3 Å². The summed E-state index contributed by atoms with van der Waals surface area (Å²) < 4.78 is 5.14. The third-order valence-corrected chi connectivity index (χ3v) is 5.00. The van der Waals surface area contributed by atoms with Crippen LogP contribution < -0.4 is 0 Å². The number of ketones is 2. The van der Waals surface area contributed by atoms with Crippen LogP contribution in [0.15, 0.2) is 0 Å². The van der Waals surface area contributed by atoms with Gasteiger partial charge in [-0.25, -0.2) is 0 Å². The van der Waals surface area contributed by atoms with E-state index in [1.807, 2.05) is 60.8 Å². The Morgan fingerprint density at radius 2 is 1.15 bits per heavy atom. The Labute approximate surface area is 164 Å². The summed E-state index contributed by atoms with van der Waals surface area (Å²) in [5.41, 5.74) is -0.213. The zero-order valence-corrected chi connectivity index (χ0v) is 18.1. The van der Waals surface area contributed by atoms with Crippen molar-refractivity contribution in [1.29, 1.82) is 0 Å². The molecule has 0 aromatic heterocycles. The number of hydrogen-bond acceptors (Lipinski definition) is 5. The Balaban J connectivity index is 0.000000271. The van der Waals surface area contributed by atoms with Crippen molar-refractivity contribution in [3.8, 4) is 23.7 Å². The van der Waals surface area contributed by atoms with Crippen LogP contribution in [0.2, 0.25) is 0 Å². The third-order valence-electron chi connectivity index (χ3n) is 5.00. The fourth-order valence-corrected chi connectivity index (χ4v) is 2.18. The Bertz CT molecular complexity index is 661. The van der Waals surface area contributed by atoms with E-state index in [0.717, 1.165) is 12.8 Å². The molecule has 1 aliphatic heterocycles. The number of hydrogen-bond donors (Lipinski definition) is 0. The van der Waals surface area contributed by atoms with Crippen molar-refractivity contribution >= 4 is 11.6 Å². The average Bonchev–Trinajstić information content (AvgIpc) is 3.32. The molecule has 0 unspecified atom stereocenters. The van der Waals surface area contributed by atoms with Crippen LogP contribution in [0, 0.1) is 35.5 Å². The number of carbonyl (C=O) groups is 2. The molecule has 0 amide bonds. The summed E-state index contributed by atoms with van der Waals surface area (Å²) >= 11 is 0. The van der Waals surface area contributed by atoms with Gasteiger partial charge in [0.1, 0.15) is 5.54 Å². The van der Waals surface area contributed by atoms with E-state index in [0.29, 0.717) is 13.2 Å². The molecule has 1 aliphatic carbocycles. The summed E-state index contributed by atoms with van der Waals surface area (Å²) in [4.78, 5) is 26.7. The maximum absolute atomic E-state index is 11.3. The first-order valence-electron chi connectivity index (χ1n) is 9.52. The molecule has 0 aromatic rings. The number of likely N-dealkylation sites (N-methyl/N-ethyl adjacent to an activating group) is 1. The minimum atomic E-state index is -0.232. The first-order chi connectivity index (χ1) is 12.5. The summed E-state index contributed by atoms with van der Waals surface area (Å²) in [6, 6.07) is 0. The molecule has 1 saturated carbocycles. The van der Waals surface area contributed by atoms with Crippen LogP contribution in [0.4, 0.5) is 0 Å². The first-order valence-corrected chi connectivity index (χ1v) is 9.52. The number of carbonyl (C=O) groups excluding carboxylic acids is 2. The van der Waals surface area contributed by atoms with E-state index in [9.17, 15) is 9.59 Å². The Morgan fingerprint density at radius 1 is 0.778 bits per heavy atom. The Morgan fingerprint density at radius 3 is 1.37 bits per heavy atom. The highest BCUT2D eigenvalue weighted by molar-refractivity contribution is 5.97. The second-order valence-electron chi connectivity index (χ2n) is 8.38. The summed E-state index contributed by atoms with van der Waals surface area (Å²) in [7, 11) is 7.94. The molecule has 2 aliphatic rings. The summed E-state index contributed by atoms with van der Waals surface area (Å²) in [6.07, 6.45) is 2.19. The number of ether oxygens (including phenoxy) is 1. The zero-order chi connectivity index (χ0) is 20.8. The van der Waals surface area contributed by atoms with Crippen LogP contribution >= 0.6 is 0 Å². The van der Waals surface area contributed by atoms with Gasteiger partial charge in [-0.15, -0.1) is 0 Å². The van der Waals surface area contributed by atoms with Crippen LogP contribution in [0.3, 0.4) is 0 Å². The minimum Gasteiger partial charge on any atom is -0.375 e.